The molecule has 0 aromatic carbocycles. The number of carboxylic acid groups (broad SMARTS) is 1. The zero-order valence-corrected chi connectivity index (χ0v) is 6.99. The molecular weight excluding hydrogens is 156 g/mol. The molecule has 0 fully saturated rings. The minimum absolute atomic E-state index is 0.0947. The fourth-order valence-electron chi connectivity index (χ4n) is 0.781. The normalized spacial score (nSPS) is 11.2. The Morgan fingerprint density at radius 2 is 2.17 bits per heavy atom. The van der Waals surface area contributed by atoms with Crippen LogP contribution in [0.1, 0.15) is 19.3 Å². The summed E-state index contributed by atoms with van der Waals surface area (Å²) in [6, 6.07) is 0. The molecule has 0 saturated heterocycles. The van der Waals surface area contributed by atoms with E-state index in [-0.39, 0.29) is 6.61 Å². The minimum atomic E-state index is -0.909. The van der Waals surface area contributed by atoms with E-state index in [1.165, 1.54) is 0 Å². The Kier molecular flexibility index (Phi) is 6.01. The molecule has 0 aromatic heterocycles. The van der Waals surface area contributed by atoms with Gasteiger partial charge in [0.1, 0.15) is 0 Å². The van der Waals surface area contributed by atoms with Gasteiger partial charge in [0.05, 0.1) is 0 Å². The summed E-state index contributed by atoms with van der Waals surface area (Å²) >= 11 is 0. The maximum atomic E-state index is 10.5. The van der Waals surface area contributed by atoms with E-state index in [0.717, 1.165) is 0 Å². The van der Waals surface area contributed by atoms with Gasteiger partial charge in [-0.15, -0.1) is 6.58 Å². The summed E-state index contributed by atoms with van der Waals surface area (Å²) < 4.78 is 0. The topological polar surface area (TPSA) is 57.5 Å². The van der Waals surface area contributed by atoms with E-state index in [0.29, 0.717) is 24.8 Å². The molecule has 0 spiro atoms. The van der Waals surface area contributed by atoms with Gasteiger partial charge in [0, 0.05) is 12.2 Å². The third kappa shape index (κ3) is 4.68. The molecule has 0 saturated carbocycles. The lowest BCUT2D eigenvalue weighted by Gasteiger charge is -1.96. The SMILES string of the molecule is C=CCC(=CCCCO)C(=O)O. The number of unbranched alkanes of at least 4 members (excludes halogenated alkanes) is 1. The van der Waals surface area contributed by atoms with Crippen LogP contribution in [0.15, 0.2) is 24.3 Å². The van der Waals surface area contributed by atoms with Gasteiger partial charge in [0.2, 0.25) is 0 Å². The van der Waals surface area contributed by atoms with Crippen molar-refractivity contribution in [2.75, 3.05) is 6.61 Å². The molecular formula is C9H14O3. The third-order valence-electron chi connectivity index (χ3n) is 1.39. The van der Waals surface area contributed by atoms with Gasteiger partial charge in [-0.05, 0) is 19.3 Å². The first-order valence-corrected chi connectivity index (χ1v) is 3.86. The van der Waals surface area contributed by atoms with E-state index in [1.807, 2.05) is 0 Å². The highest BCUT2D eigenvalue weighted by Gasteiger charge is 2.02. The third-order valence-corrected chi connectivity index (χ3v) is 1.39. The van der Waals surface area contributed by atoms with E-state index in [2.05, 4.69) is 6.58 Å². The predicted molar refractivity (Wildman–Crippen MR) is 46.9 cm³/mol. The lowest BCUT2D eigenvalue weighted by atomic mass is 10.1. The number of carboxylic acids is 1. The number of aliphatic hydroxyl groups is 1. The molecule has 2 N–H and O–H groups in total. The van der Waals surface area contributed by atoms with Crippen molar-refractivity contribution in [1.29, 1.82) is 0 Å². The van der Waals surface area contributed by atoms with Gasteiger partial charge in [-0.1, -0.05) is 12.2 Å². The molecule has 0 aliphatic carbocycles. The molecule has 3 heteroatoms. The fourth-order valence-corrected chi connectivity index (χ4v) is 0.781. The van der Waals surface area contributed by atoms with E-state index in [9.17, 15) is 4.79 Å². The predicted octanol–water partition coefficient (Wildman–Crippen LogP) is 1.35. The molecule has 0 atom stereocenters. The van der Waals surface area contributed by atoms with Crippen molar-refractivity contribution in [2.45, 2.75) is 19.3 Å². The van der Waals surface area contributed by atoms with Gasteiger partial charge >= 0.3 is 5.97 Å². The standard InChI is InChI=1S/C9H14O3/c1-2-5-8(9(11)12)6-3-4-7-10/h2,6,10H,1,3-5,7H2,(H,11,12). The second kappa shape index (κ2) is 6.61. The van der Waals surface area contributed by atoms with Gasteiger partial charge in [-0.25, -0.2) is 4.79 Å². The first kappa shape index (κ1) is 10.9. The average Bonchev–Trinajstić information content (AvgIpc) is 2.03. The zero-order valence-electron chi connectivity index (χ0n) is 6.99. The smallest absolute Gasteiger partial charge is 0.331 e. The molecule has 0 rings (SSSR count). The van der Waals surface area contributed by atoms with Crippen LogP contribution in [-0.4, -0.2) is 22.8 Å². The number of hydrogen-bond acceptors (Lipinski definition) is 2. The van der Waals surface area contributed by atoms with Crippen molar-refractivity contribution in [3.05, 3.63) is 24.3 Å². The molecule has 0 bridgehead atoms. The van der Waals surface area contributed by atoms with Crippen molar-refractivity contribution in [2.24, 2.45) is 0 Å². The second-order valence-corrected chi connectivity index (χ2v) is 2.39. The molecule has 0 aliphatic rings. The van der Waals surface area contributed by atoms with Crippen LogP contribution in [0.3, 0.4) is 0 Å². The van der Waals surface area contributed by atoms with Crippen LogP contribution in [0.25, 0.3) is 0 Å². The van der Waals surface area contributed by atoms with Crippen LogP contribution in [0.4, 0.5) is 0 Å². The van der Waals surface area contributed by atoms with E-state index < -0.39 is 5.97 Å². The van der Waals surface area contributed by atoms with Crippen molar-refractivity contribution in [1.82, 2.24) is 0 Å². The first-order chi connectivity index (χ1) is 5.72. The second-order valence-electron chi connectivity index (χ2n) is 2.39. The molecule has 0 unspecified atom stereocenters. The largest absolute Gasteiger partial charge is 0.478 e. The van der Waals surface area contributed by atoms with E-state index in [4.69, 9.17) is 10.2 Å². The molecule has 0 aromatic rings. The molecule has 0 aliphatic heterocycles. The Hall–Kier alpha value is -1.09. The summed E-state index contributed by atoms with van der Waals surface area (Å²) in [5.74, 6) is -0.909. The summed E-state index contributed by atoms with van der Waals surface area (Å²) in [4.78, 5) is 10.5. The van der Waals surface area contributed by atoms with Crippen LogP contribution in [-0.2, 0) is 4.79 Å². The molecule has 12 heavy (non-hydrogen) atoms. The van der Waals surface area contributed by atoms with Crippen LogP contribution >= 0.6 is 0 Å². The van der Waals surface area contributed by atoms with Crippen LogP contribution in [0.2, 0.25) is 0 Å². The summed E-state index contributed by atoms with van der Waals surface area (Å²) in [6.45, 7) is 3.55. The number of hydrogen-bond donors (Lipinski definition) is 2. The number of aliphatic hydroxyl groups excluding tert-OH is 1. The Morgan fingerprint density at radius 3 is 2.58 bits per heavy atom. The number of allylic oxidation sites excluding steroid dienone is 2. The lowest BCUT2D eigenvalue weighted by Crippen LogP contribution is -1.99. The number of aliphatic carboxylic acids is 1. The minimum Gasteiger partial charge on any atom is -0.478 e. The highest BCUT2D eigenvalue weighted by Crippen LogP contribution is 2.04. The maximum Gasteiger partial charge on any atom is 0.331 e. The van der Waals surface area contributed by atoms with Gasteiger partial charge in [0.15, 0.2) is 0 Å². The van der Waals surface area contributed by atoms with Gasteiger partial charge < -0.3 is 10.2 Å². The highest BCUT2D eigenvalue weighted by atomic mass is 16.4. The molecule has 3 nitrogen and oxygen atoms in total. The summed E-state index contributed by atoms with van der Waals surface area (Å²) in [5, 5.41) is 17.1. The quantitative estimate of drug-likeness (QED) is 0.359. The van der Waals surface area contributed by atoms with Crippen molar-refractivity contribution in [3.63, 3.8) is 0 Å². The monoisotopic (exact) mass is 170 g/mol. The zero-order chi connectivity index (χ0) is 9.40. The Morgan fingerprint density at radius 1 is 1.50 bits per heavy atom. The number of rotatable bonds is 6. The van der Waals surface area contributed by atoms with Crippen LogP contribution < -0.4 is 0 Å². The lowest BCUT2D eigenvalue weighted by molar-refractivity contribution is -0.132. The summed E-state index contributed by atoms with van der Waals surface area (Å²) in [7, 11) is 0. The Bertz CT molecular complexity index is 182. The summed E-state index contributed by atoms with van der Waals surface area (Å²) in [5.41, 5.74) is 0.346. The Labute approximate surface area is 72.0 Å². The summed E-state index contributed by atoms with van der Waals surface area (Å²) in [6.07, 6.45) is 4.76. The first-order valence-electron chi connectivity index (χ1n) is 3.86. The van der Waals surface area contributed by atoms with Gasteiger partial charge in [-0.2, -0.15) is 0 Å². The molecule has 0 radical (unpaired) electrons. The van der Waals surface area contributed by atoms with Crippen molar-refractivity contribution in [3.8, 4) is 0 Å². The number of carbonyl (C=O) groups is 1. The van der Waals surface area contributed by atoms with Crippen molar-refractivity contribution >= 4 is 5.97 Å². The molecule has 0 heterocycles. The maximum absolute atomic E-state index is 10.5. The van der Waals surface area contributed by atoms with Gasteiger partial charge in [0.25, 0.3) is 0 Å². The molecule has 68 valence electrons. The average molecular weight is 170 g/mol. The molecule has 0 amide bonds. The van der Waals surface area contributed by atoms with Crippen LogP contribution in [0.5, 0.6) is 0 Å². The van der Waals surface area contributed by atoms with Gasteiger partial charge in [-0.3, -0.25) is 0 Å². The van der Waals surface area contributed by atoms with E-state index in [1.54, 1.807) is 12.2 Å². The van der Waals surface area contributed by atoms with Crippen molar-refractivity contribution < 1.29 is 15.0 Å². The highest BCUT2D eigenvalue weighted by molar-refractivity contribution is 5.86. The Balaban J connectivity index is 3.99. The fraction of sp³-hybridized carbons (Fsp3) is 0.444. The van der Waals surface area contributed by atoms with E-state index >= 15 is 0 Å². The van der Waals surface area contributed by atoms with Crippen LogP contribution in [0, 0.1) is 0 Å².